The summed E-state index contributed by atoms with van der Waals surface area (Å²) >= 11 is 0. The van der Waals surface area contributed by atoms with Crippen LogP contribution in [-0.2, 0) is 23.8 Å². The van der Waals surface area contributed by atoms with Crippen LogP contribution in [0, 0.1) is 0 Å². The van der Waals surface area contributed by atoms with Crippen molar-refractivity contribution in [3.63, 3.8) is 0 Å². The molecule has 2 atom stereocenters. The van der Waals surface area contributed by atoms with Crippen molar-refractivity contribution >= 4 is 22.2 Å². The van der Waals surface area contributed by atoms with Crippen LogP contribution in [0.2, 0.25) is 0 Å². The Bertz CT molecular complexity index is 418. The van der Waals surface area contributed by atoms with Crippen molar-refractivity contribution in [2.24, 2.45) is 0 Å². The SMILES string of the molecule is COC(=O)[C@@H]1C[C@@H](OS(C)(=O)=O)CN1C(=O)O. The number of rotatable bonds is 3. The Hall–Kier alpha value is -1.35. The summed E-state index contributed by atoms with van der Waals surface area (Å²) in [4.78, 5) is 23.0. The molecule has 1 rings (SSSR count). The van der Waals surface area contributed by atoms with E-state index in [4.69, 9.17) is 5.11 Å². The molecule has 0 aromatic heterocycles. The highest BCUT2D eigenvalue weighted by Gasteiger charge is 2.42. The number of nitrogens with zero attached hydrogens (tertiary/aromatic N) is 1. The smallest absolute Gasteiger partial charge is 0.408 e. The zero-order valence-electron chi connectivity index (χ0n) is 9.32. The molecule has 1 aliphatic heterocycles. The Morgan fingerprint density at radius 3 is 2.41 bits per heavy atom. The first kappa shape index (κ1) is 13.7. The molecule has 0 aliphatic carbocycles. The van der Waals surface area contributed by atoms with Gasteiger partial charge in [-0.2, -0.15) is 8.42 Å². The van der Waals surface area contributed by atoms with E-state index in [9.17, 15) is 18.0 Å². The summed E-state index contributed by atoms with van der Waals surface area (Å²) < 4.78 is 30.9. The van der Waals surface area contributed by atoms with Gasteiger partial charge >= 0.3 is 12.1 Å². The highest BCUT2D eigenvalue weighted by molar-refractivity contribution is 7.86. The number of carboxylic acid groups (broad SMARTS) is 1. The van der Waals surface area contributed by atoms with Gasteiger partial charge in [0.25, 0.3) is 10.1 Å². The fraction of sp³-hybridized carbons (Fsp3) is 0.750. The molecule has 1 saturated heterocycles. The molecule has 0 aromatic carbocycles. The number of hydrogen-bond acceptors (Lipinski definition) is 6. The molecule has 0 radical (unpaired) electrons. The van der Waals surface area contributed by atoms with Gasteiger partial charge in [-0.25, -0.2) is 9.59 Å². The summed E-state index contributed by atoms with van der Waals surface area (Å²) in [5.41, 5.74) is 0. The lowest BCUT2D eigenvalue weighted by molar-refractivity contribution is -0.145. The Morgan fingerprint density at radius 2 is 2.00 bits per heavy atom. The van der Waals surface area contributed by atoms with Gasteiger partial charge in [0.1, 0.15) is 6.04 Å². The number of carbonyl (C=O) groups is 2. The second kappa shape index (κ2) is 4.88. The molecule has 0 bridgehead atoms. The maximum atomic E-state index is 11.3. The number of ether oxygens (including phenoxy) is 1. The van der Waals surface area contributed by atoms with Crippen LogP contribution in [0.4, 0.5) is 4.79 Å². The predicted molar refractivity (Wildman–Crippen MR) is 54.9 cm³/mol. The first-order valence-electron chi connectivity index (χ1n) is 4.70. The van der Waals surface area contributed by atoms with Crippen LogP contribution >= 0.6 is 0 Å². The molecule has 9 heteroatoms. The maximum Gasteiger partial charge on any atom is 0.408 e. The van der Waals surface area contributed by atoms with E-state index in [1.165, 1.54) is 0 Å². The molecule has 0 spiro atoms. The number of methoxy groups -OCH3 is 1. The molecule has 8 nitrogen and oxygen atoms in total. The van der Waals surface area contributed by atoms with Crippen molar-refractivity contribution in [2.75, 3.05) is 19.9 Å². The van der Waals surface area contributed by atoms with Crippen LogP contribution in [0.1, 0.15) is 6.42 Å². The third kappa shape index (κ3) is 3.56. The Balaban J connectivity index is 2.79. The monoisotopic (exact) mass is 267 g/mol. The summed E-state index contributed by atoms with van der Waals surface area (Å²) in [6, 6.07) is -1.02. The molecule has 1 N–H and O–H groups in total. The van der Waals surface area contributed by atoms with Gasteiger partial charge in [-0.1, -0.05) is 0 Å². The number of amides is 1. The maximum absolute atomic E-state index is 11.3. The highest BCUT2D eigenvalue weighted by atomic mass is 32.2. The Kier molecular flexibility index (Phi) is 3.94. The fourth-order valence-electron chi connectivity index (χ4n) is 1.69. The summed E-state index contributed by atoms with van der Waals surface area (Å²) in [5, 5.41) is 8.86. The van der Waals surface area contributed by atoms with Crippen molar-refractivity contribution in [1.82, 2.24) is 4.90 Å². The largest absolute Gasteiger partial charge is 0.467 e. The molecule has 0 aromatic rings. The van der Waals surface area contributed by atoms with E-state index in [2.05, 4.69) is 8.92 Å². The van der Waals surface area contributed by atoms with E-state index in [0.717, 1.165) is 18.3 Å². The normalized spacial score (nSPS) is 24.7. The molecular weight excluding hydrogens is 254 g/mol. The van der Waals surface area contributed by atoms with Crippen molar-refractivity contribution in [3.8, 4) is 0 Å². The summed E-state index contributed by atoms with van der Waals surface area (Å²) in [6.45, 7) is -0.178. The van der Waals surface area contributed by atoms with Crippen LogP contribution in [0.3, 0.4) is 0 Å². The second-order valence-electron chi connectivity index (χ2n) is 3.63. The number of likely N-dealkylation sites (tertiary alicyclic amines) is 1. The van der Waals surface area contributed by atoms with Gasteiger partial charge in [-0.15, -0.1) is 0 Å². The second-order valence-corrected chi connectivity index (χ2v) is 5.23. The lowest BCUT2D eigenvalue weighted by Crippen LogP contribution is -2.40. The average molecular weight is 267 g/mol. The number of carbonyl (C=O) groups excluding carboxylic acids is 1. The minimum absolute atomic E-state index is 0.0357. The van der Waals surface area contributed by atoms with Crippen molar-refractivity contribution in [1.29, 1.82) is 0 Å². The lowest BCUT2D eigenvalue weighted by atomic mass is 10.2. The number of esters is 1. The van der Waals surface area contributed by atoms with Crippen molar-refractivity contribution in [2.45, 2.75) is 18.6 Å². The van der Waals surface area contributed by atoms with E-state index in [1.807, 2.05) is 0 Å². The van der Waals surface area contributed by atoms with E-state index >= 15 is 0 Å². The molecule has 1 fully saturated rings. The van der Waals surface area contributed by atoms with Crippen LogP contribution in [0.15, 0.2) is 0 Å². The highest BCUT2D eigenvalue weighted by Crippen LogP contribution is 2.22. The zero-order valence-corrected chi connectivity index (χ0v) is 10.1. The van der Waals surface area contributed by atoms with Crippen LogP contribution in [0.25, 0.3) is 0 Å². The first-order chi connectivity index (χ1) is 7.74. The molecular formula is C8H13NO7S. The van der Waals surface area contributed by atoms with Crippen molar-refractivity contribution in [3.05, 3.63) is 0 Å². The zero-order chi connectivity index (χ0) is 13.2. The third-order valence-corrected chi connectivity index (χ3v) is 2.91. The molecule has 1 aliphatic rings. The minimum atomic E-state index is -3.68. The van der Waals surface area contributed by atoms with Gasteiger partial charge in [-0.3, -0.25) is 9.08 Å². The van der Waals surface area contributed by atoms with Gasteiger partial charge in [0.05, 0.1) is 26.0 Å². The Morgan fingerprint density at radius 1 is 1.41 bits per heavy atom. The van der Waals surface area contributed by atoms with Crippen LogP contribution in [0.5, 0.6) is 0 Å². The average Bonchev–Trinajstić information content (AvgIpc) is 2.57. The quantitative estimate of drug-likeness (QED) is 0.529. The first-order valence-corrected chi connectivity index (χ1v) is 6.52. The lowest BCUT2D eigenvalue weighted by Gasteiger charge is -2.18. The van der Waals surface area contributed by atoms with Crippen LogP contribution in [-0.4, -0.2) is 62.5 Å². The minimum Gasteiger partial charge on any atom is -0.467 e. The number of hydrogen-bond donors (Lipinski definition) is 1. The summed E-state index contributed by atoms with van der Waals surface area (Å²) in [5.74, 6) is -0.730. The molecule has 98 valence electrons. The van der Waals surface area contributed by atoms with E-state index in [-0.39, 0.29) is 13.0 Å². The topological polar surface area (TPSA) is 110 Å². The van der Waals surface area contributed by atoms with Gasteiger partial charge in [-0.05, 0) is 0 Å². The molecule has 1 amide bonds. The van der Waals surface area contributed by atoms with E-state index < -0.39 is 34.3 Å². The van der Waals surface area contributed by atoms with Gasteiger partial charge in [0.2, 0.25) is 0 Å². The molecule has 0 saturated carbocycles. The molecule has 0 unspecified atom stereocenters. The summed E-state index contributed by atoms with van der Waals surface area (Å²) in [6.07, 6.45) is -1.35. The van der Waals surface area contributed by atoms with Crippen molar-refractivity contribution < 1.29 is 32.0 Å². The van der Waals surface area contributed by atoms with Gasteiger partial charge < -0.3 is 9.84 Å². The van der Waals surface area contributed by atoms with Crippen LogP contribution < -0.4 is 0 Å². The third-order valence-electron chi connectivity index (χ3n) is 2.29. The van der Waals surface area contributed by atoms with Gasteiger partial charge in [0.15, 0.2) is 0 Å². The summed E-state index contributed by atoms with van der Waals surface area (Å²) in [7, 11) is -2.55. The molecule has 17 heavy (non-hydrogen) atoms. The van der Waals surface area contributed by atoms with Gasteiger partial charge in [0, 0.05) is 6.42 Å². The Labute approximate surface area is 98.2 Å². The van der Waals surface area contributed by atoms with E-state index in [1.54, 1.807) is 0 Å². The standard InChI is InChI=1S/C8H13NO7S/c1-15-7(10)6-3-5(16-17(2,13)14)4-9(6)8(11)12/h5-6H,3-4H2,1-2H3,(H,11,12)/t5-,6+/m1/s1. The molecule has 1 heterocycles. The predicted octanol–water partition coefficient (Wildman–Crippen LogP) is -0.743. The van der Waals surface area contributed by atoms with E-state index in [0.29, 0.717) is 0 Å². The fourth-order valence-corrected chi connectivity index (χ4v) is 2.32.